The van der Waals surface area contributed by atoms with Gasteiger partial charge in [0, 0.05) is 13.1 Å². The first-order valence-electron chi connectivity index (χ1n) is 31.2. The molecule has 542 valence electrons. The monoisotopic (exact) mass is 1360 g/mol. The molecular weight excluding hydrogens is 1260 g/mol. The Bertz CT molecular complexity index is 2220. The number of alkyl carbamates (subject to hydrolysis) is 1. The molecule has 0 radical (unpaired) electrons. The van der Waals surface area contributed by atoms with Crippen LogP contribution < -0.4 is 10.6 Å². The Hall–Kier alpha value is -2.13. The lowest BCUT2D eigenvalue weighted by atomic mass is 9.95. The molecule has 0 saturated carbocycles. The summed E-state index contributed by atoms with van der Waals surface area (Å²) in [6, 6.07) is 0. The predicted octanol–water partition coefficient (Wildman–Crippen LogP) is -11.8. The van der Waals surface area contributed by atoms with E-state index in [-0.39, 0.29) is 6.54 Å². The minimum atomic E-state index is -2.21. The second-order valence-corrected chi connectivity index (χ2v) is 25.2. The zero-order valence-electron chi connectivity index (χ0n) is 51.3. The van der Waals surface area contributed by atoms with E-state index in [9.17, 15) is 107 Å². The maximum Gasteiger partial charge on any atom is 0.407 e. The van der Waals surface area contributed by atoms with Crippen LogP contribution in [0.5, 0.6) is 0 Å². The van der Waals surface area contributed by atoms with Crippen LogP contribution >= 0.6 is 0 Å². The van der Waals surface area contributed by atoms with E-state index in [2.05, 4.69) is 10.6 Å². The highest BCUT2D eigenvalue weighted by molar-refractivity contribution is 5.67. The number of carbonyl (C=O) groups excluding carboxylic acids is 1. The molecule has 21 aliphatic rings. The maximum absolute atomic E-state index is 12.0. The number of aliphatic hydroxyl groups is 20. The Balaban J connectivity index is 1.03. The SMILES string of the molecule is CC(C)(C)OC(=O)NCCCCCCCCNC[C@@H]1O[C@@H]2O[C@H]3[C@H](O)[C@H](O)[C@@H](O[C@H]4[C@@H](O)[C@H](O)[C@@H](O[C@H]5[C@H](O)[C@@H](O)[C@@H](O[C@H]6[C@H](O)[C@@H](O)[C@@H](O[C@H]7[C@H](O)[C@@H](O)[C@@H](O[C@H]8[C@H](O)[C@@H](O)[C@@H](O[C@H]1[C@H](O)[C@H]2O)O[C@H]8CO)O[C@H]7CO)O[C@H]6CO)O[C@@H]5CO)O[C@@H]4CO)O[C@@H]3CO. The third kappa shape index (κ3) is 17.9. The summed E-state index contributed by atoms with van der Waals surface area (Å²) in [5.74, 6) is 0. The van der Waals surface area contributed by atoms with Gasteiger partial charge in [0.05, 0.1) is 39.6 Å². The minimum absolute atomic E-state index is 0.231. The van der Waals surface area contributed by atoms with E-state index < -0.39 is 266 Å². The van der Waals surface area contributed by atoms with Crippen LogP contribution in [0, 0.1) is 0 Å². The summed E-state index contributed by atoms with van der Waals surface area (Å²) in [7, 11) is 0. The predicted molar refractivity (Wildman–Crippen MR) is 296 cm³/mol. The number of nitrogens with one attached hydrogen (secondary N) is 2. The van der Waals surface area contributed by atoms with Crippen LogP contribution in [-0.4, -0.2) is 388 Å². The van der Waals surface area contributed by atoms with Crippen LogP contribution in [0.15, 0.2) is 0 Å². The lowest BCUT2D eigenvalue weighted by molar-refractivity contribution is -0.396. The highest BCUT2D eigenvalue weighted by Gasteiger charge is 2.59. The van der Waals surface area contributed by atoms with E-state index in [1.807, 2.05) is 0 Å². The van der Waals surface area contributed by atoms with E-state index in [1.54, 1.807) is 20.8 Å². The first kappa shape index (κ1) is 76.6. The summed E-state index contributed by atoms with van der Waals surface area (Å²) in [5, 5.41) is 230. The van der Waals surface area contributed by atoms with Crippen molar-refractivity contribution in [2.75, 3.05) is 59.3 Å². The molecule has 21 saturated heterocycles. The summed E-state index contributed by atoms with van der Waals surface area (Å²) in [6.45, 7) is -0.450. The Kier molecular flexibility index (Phi) is 28.3. The van der Waals surface area contributed by atoms with Gasteiger partial charge in [-0.2, -0.15) is 0 Å². The summed E-state index contributed by atoms with van der Waals surface area (Å²) >= 11 is 0. The van der Waals surface area contributed by atoms with Crippen LogP contribution in [0.4, 0.5) is 4.79 Å². The van der Waals surface area contributed by atoms with Gasteiger partial charge >= 0.3 is 6.09 Å². The first-order chi connectivity index (χ1) is 44.2. The van der Waals surface area contributed by atoms with Crippen molar-refractivity contribution in [3.05, 3.63) is 0 Å². The minimum Gasteiger partial charge on any atom is -0.444 e. The molecule has 0 aromatic heterocycles. The average Bonchev–Trinajstić information content (AvgIpc) is 0.789. The van der Waals surface area contributed by atoms with Crippen LogP contribution in [0.3, 0.4) is 0 Å². The largest absolute Gasteiger partial charge is 0.444 e. The third-order valence-electron chi connectivity index (χ3n) is 17.4. The van der Waals surface area contributed by atoms with Crippen molar-refractivity contribution in [2.45, 2.75) is 280 Å². The third-order valence-corrected chi connectivity index (χ3v) is 17.4. The lowest BCUT2D eigenvalue weighted by Crippen LogP contribution is -2.68. The number of ether oxygens (including phenoxy) is 15. The maximum atomic E-state index is 12.0. The molecule has 21 fully saturated rings. The first-order valence-corrected chi connectivity index (χ1v) is 31.2. The van der Waals surface area contributed by atoms with Gasteiger partial charge in [0.15, 0.2) is 44.0 Å². The van der Waals surface area contributed by atoms with Gasteiger partial charge in [-0.15, -0.1) is 0 Å². The molecule has 0 unspecified atom stereocenters. The van der Waals surface area contributed by atoms with Gasteiger partial charge in [-0.3, -0.25) is 0 Å². The quantitative estimate of drug-likeness (QED) is 0.0601. The second-order valence-electron chi connectivity index (χ2n) is 25.2. The number of amides is 1. The molecule has 38 heteroatoms. The molecule has 1 amide bonds. The number of unbranched alkanes of at least 4 members (excludes halogenated alkanes) is 5. The van der Waals surface area contributed by atoms with E-state index in [1.165, 1.54) is 0 Å². The van der Waals surface area contributed by atoms with Crippen LogP contribution in [0.1, 0.15) is 59.3 Å². The average molecular weight is 1360 g/mol. The topological polar surface area (TPSA) is 584 Å². The van der Waals surface area contributed by atoms with Crippen molar-refractivity contribution < 1.29 is 178 Å². The number of hydrogen-bond donors (Lipinski definition) is 22. The van der Waals surface area contributed by atoms with Gasteiger partial charge in [0.2, 0.25) is 0 Å². The fourth-order valence-corrected chi connectivity index (χ4v) is 12.3. The fourth-order valence-electron chi connectivity index (χ4n) is 12.3. The van der Waals surface area contributed by atoms with E-state index >= 15 is 0 Å². The molecular formula is C55H96N2O36. The second kappa shape index (κ2) is 34.3. The van der Waals surface area contributed by atoms with Crippen molar-refractivity contribution in [3.8, 4) is 0 Å². The van der Waals surface area contributed by atoms with Gasteiger partial charge in [-0.25, -0.2) is 4.79 Å². The molecule has 21 heterocycles. The highest BCUT2D eigenvalue weighted by Crippen LogP contribution is 2.39. The molecule has 0 spiro atoms. The number of aliphatic hydroxyl groups excluding tert-OH is 20. The van der Waals surface area contributed by atoms with Crippen molar-refractivity contribution in [1.82, 2.24) is 10.6 Å². The van der Waals surface area contributed by atoms with E-state index in [0.717, 1.165) is 25.7 Å². The van der Waals surface area contributed by atoms with Crippen molar-refractivity contribution in [2.24, 2.45) is 0 Å². The van der Waals surface area contributed by atoms with Gasteiger partial charge in [0.1, 0.15) is 177 Å². The van der Waals surface area contributed by atoms with Crippen molar-refractivity contribution in [3.63, 3.8) is 0 Å². The van der Waals surface area contributed by atoms with Crippen LogP contribution in [0.2, 0.25) is 0 Å². The van der Waals surface area contributed by atoms with Crippen LogP contribution in [0.25, 0.3) is 0 Å². The zero-order chi connectivity index (χ0) is 67.9. The summed E-state index contributed by atoms with van der Waals surface area (Å²) in [5.41, 5.74) is -0.636. The van der Waals surface area contributed by atoms with Gasteiger partial charge in [0.25, 0.3) is 0 Å². The Morgan fingerprint density at radius 1 is 0.301 bits per heavy atom. The molecule has 93 heavy (non-hydrogen) atoms. The summed E-state index contributed by atoms with van der Waals surface area (Å²) in [4.78, 5) is 12.0. The molecule has 0 aromatic rings. The standard InChI is InChI=1S/C55H96N2O36/c1-55(2,3)93-54(78)57-11-9-7-5-4-6-8-10-56-12-19-40-26(64)33(71)47(79-19)87-41-20(13-58)81-49(35(73)28(41)66)89-43-22(15-60)83-51(37(75)30(43)68)91-45-24(17-62)85-53(39(77)32(45)70)92-46-25(18-63)84-52(38(76)31(46)69)90-44-23(16-61)82-50(36(74)29(44)67)88-42-21(14-59)80-48(86-40)34(72)27(42)65/h19-53,56,58-77H,4-18H2,1-3H3,(H,57,78)/t19-,20+,21-,22+,23-,24+,25-,26+,27+,28+,29+,30-,31+,32+,33+,34+,35-,36+,37-,38+,39+,40+,41+,42+,43+,44+,45+,46+,47+,48+,49+,50+,51+,52+,53+/m0/s1. The number of rotatable bonds is 17. The Labute approximate surface area is 532 Å². The van der Waals surface area contributed by atoms with Gasteiger partial charge in [-0.1, -0.05) is 25.7 Å². The molecule has 21 aliphatic heterocycles. The zero-order valence-corrected chi connectivity index (χ0v) is 51.3. The Morgan fingerprint density at radius 3 is 0.731 bits per heavy atom. The normalized spacial score (nSPS) is 48.0. The molecule has 38 nitrogen and oxygen atoms in total. The van der Waals surface area contributed by atoms with Crippen molar-refractivity contribution in [1.29, 1.82) is 0 Å². The molecule has 21 rings (SSSR count). The lowest BCUT2D eigenvalue weighted by Gasteiger charge is -2.50. The molecule has 14 bridgehead atoms. The van der Waals surface area contributed by atoms with E-state index in [4.69, 9.17) is 71.1 Å². The molecule has 0 aliphatic carbocycles. The van der Waals surface area contributed by atoms with Gasteiger partial charge in [-0.05, 0) is 40.2 Å². The van der Waals surface area contributed by atoms with Crippen molar-refractivity contribution >= 4 is 6.09 Å². The van der Waals surface area contributed by atoms with E-state index in [0.29, 0.717) is 25.9 Å². The number of hydrogen-bond acceptors (Lipinski definition) is 37. The van der Waals surface area contributed by atoms with Crippen LogP contribution in [-0.2, 0) is 71.1 Å². The molecule has 22 N–H and O–H groups in total. The fraction of sp³-hybridized carbons (Fsp3) is 0.982. The summed E-state index contributed by atoms with van der Waals surface area (Å²) in [6.07, 6.45) is -65.5. The molecule has 35 atom stereocenters. The van der Waals surface area contributed by atoms with Gasteiger partial charge < -0.3 is 184 Å². The number of carbonyl (C=O) groups is 1. The Morgan fingerprint density at radius 2 is 0.505 bits per heavy atom. The summed E-state index contributed by atoms with van der Waals surface area (Å²) < 4.78 is 87.0. The smallest absolute Gasteiger partial charge is 0.407 e. The molecule has 0 aromatic carbocycles. The highest BCUT2D eigenvalue weighted by atomic mass is 16.8.